The van der Waals surface area contributed by atoms with Crippen molar-refractivity contribution in [2.75, 3.05) is 0 Å². The van der Waals surface area contributed by atoms with Gasteiger partial charge in [-0.25, -0.2) is 0 Å². The van der Waals surface area contributed by atoms with Crippen LogP contribution in [0.4, 0.5) is 0 Å². The van der Waals surface area contributed by atoms with Crippen LogP contribution in [0.1, 0.15) is 25.0 Å². The SMILES string of the molecule is CC1(C)c2ccccc2-c2ccc(-c3ccc4cc(-c5cccc(-c6ccc7ccc8c9ccccc9ccc8c7c6)c5)ccc4c3)cc21. The second-order valence-corrected chi connectivity index (χ2v) is 14.2. The molecule has 1 aliphatic rings. The number of hydrogen-bond acceptors (Lipinski definition) is 0. The number of rotatable bonds is 3. The van der Waals surface area contributed by atoms with E-state index in [9.17, 15) is 0 Å². The molecule has 0 fully saturated rings. The summed E-state index contributed by atoms with van der Waals surface area (Å²) >= 11 is 0. The van der Waals surface area contributed by atoms with Crippen LogP contribution in [0.2, 0.25) is 0 Å². The molecule has 0 radical (unpaired) electrons. The first-order valence-corrected chi connectivity index (χ1v) is 17.2. The van der Waals surface area contributed by atoms with E-state index in [1.807, 2.05) is 0 Å². The fourth-order valence-electron chi connectivity index (χ4n) is 8.36. The molecule has 1 aliphatic carbocycles. The van der Waals surface area contributed by atoms with Gasteiger partial charge in [-0.05, 0) is 129 Å². The second kappa shape index (κ2) is 10.5. The molecule has 0 N–H and O–H groups in total. The van der Waals surface area contributed by atoms with E-state index in [1.165, 1.54) is 98.7 Å². The highest BCUT2D eigenvalue weighted by Crippen LogP contribution is 2.49. The molecular weight excluding hydrogens is 589 g/mol. The van der Waals surface area contributed by atoms with Crippen molar-refractivity contribution in [3.05, 3.63) is 181 Å². The van der Waals surface area contributed by atoms with E-state index < -0.39 is 0 Å². The van der Waals surface area contributed by atoms with Crippen LogP contribution in [-0.4, -0.2) is 0 Å². The summed E-state index contributed by atoms with van der Waals surface area (Å²) in [5.41, 5.74) is 13.0. The molecule has 0 saturated carbocycles. The van der Waals surface area contributed by atoms with Gasteiger partial charge in [0.05, 0.1) is 0 Å². The predicted octanol–water partition coefficient (Wildman–Crippen LogP) is 13.6. The Labute approximate surface area is 286 Å². The molecule has 9 aromatic rings. The summed E-state index contributed by atoms with van der Waals surface area (Å²) in [6.07, 6.45) is 0. The van der Waals surface area contributed by atoms with E-state index in [4.69, 9.17) is 0 Å². The monoisotopic (exact) mass is 622 g/mol. The lowest BCUT2D eigenvalue weighted by molar-refractivity contribution is 0.660. The normalized spacial score (nSPS) is 13.3. The molecule has 0 unspecified atom stereocenters. The summed E-state index contributed by atoms with van der Waals surface area (Å²) in [6, 6.07) is 63.3. The smallest absolute Gasteiger partial charge is 0.0159 e. The van der Waals surface area contributed by atoms with Gasteiger partial charge in [0.15, 0.2) is 0 Å². The van der Waals surface area contributed by atoms with Gasteiger partial charge in [-0.2, -0.15) is 0 Å². The molecule has 0 saturated heterocycles. The summed E-state index contributed by atoms with van der Waals surface area (Å²) in [5, 5.41) is 10.3. The molecule has 0 heteroatoms. The van der Waals surface area contributed by atoms with E-state index >= 15 is 0 Å². The maximum Gasteiger partial charge on any atom is 0.0159 e. The van der Waals surface area contributed by atoms with Crippen LogP contribution in [0.5, 0.6) is 0 Å². The predicted molar refractivity (Wildman–Crippen MR) is 210 cm³/mol. The summed E-state index contributed by atoms with van der Waals surface area (Å²) in [6.45, 7) is 4.70. The average molecular weight is 623 g/mol. The molecule has 0 spiro atoms. The van der Waals surface area contributed by atoms with Crippen molar-refractivity contribution in [1.29, 1.82) is 0 Å². The first-order valence-electron chi connectivity index (χ1n) is 17.2. The highest BCUT2D eigenvalue weighted by Gasteiger charge is 2.35. The minimum absolute atomic E-state index is 0.00223. The van der Waals surface area contributed by atoms with Crippen molar-refractivity contribution in [2.45, 2.75) is 19.3 Å². The molecular formula is C49H34. The lowest BCUT2D eigenvalue weighted by atomic mass is 9.81. The molecule has 0 heterocycles. The van der Waals surface area contributed by atoms with Gasteiger partial charge < -0.3 is 0 Å². The molecule has 49 heavy (non-hydrogen) atoms. The molecule has 10 rings (SSSR count). The van der Waals surface area contributed by atoms with Gasteiger partial charge in [-0.3, -0.25) is 0 Å². The lowest BCUT2D eigenvalue weighted by Crippen LogP contribution is -2.14. The third kappa shape index (κ3) is 4.38. The van der Waals surface area contributed by atoms with Gasteiger partial charge in [0.25, 0.3) is 0 Å². The van der Waals surface area contributed by atoms with Gasteiger partial charge in [-0.15, -0.1) is 0 Å². The molecule has 230 valence electrons. The molecule has 0 atom stereocenters. The highest BCUT2D eigenvalue weighted by molar-refractivity contribution is 6.17. The second-order valence-electron chi connectivity index (χ2n) is 14.2. The van der Waals surface area contributed by atoms with E-state index in [2.05, 4.69) is 184 Å². The molecule has 0 aromatic heterocycles. The van der Waals surface area contributed by atoms with Crippen LogP contribution in [-0.2, 0) is 5.41 Å². The van der Waals surface area contributed by atoms with Crippen LogP contribution in [0.15, 0.2) is 170 Å². The summed E-state index contributed by atoms with van der Waals surface area (Å²) < 4.78 is 0. The fraction of sp³-hybridized carbons (Fsp3) is 0.0612. The fourth-order valence-corrected chi connectivity index (χ4v) is 8.36. The van der Waals surface area contributed by atoms with Crippen molar-refractivity contribution < 1.29 is 0 Å². The molecule has 0 aliphatic heterocycles. The minimum Gasteiger partial charge on any atom is -0.0619 e. The average Bonchev–Trinajstić information content (AvgIpc) is 3.39. The van der Waals surface area contributed by atoms with E-state index in [0.717, 1.165) is 0 Å². The van der Waals surface area contributed by atoms with Crippen LogP contribution >= 0.6 is 0 Å². The first-order chi connectivity index (χ1) is 24.0. The van der Waals surface area contributed by atoms with Crippen molar-refractivity contribution in [3.63, 3.8) is 0 Å². The van der Waals surface area contributed by atoms with E-state index in [1.54, 1.807) is 0 Å². The van der Waals surface area contributed by atoms with E-state index in [0.29, 0.717) is 0 Å². The van der Waals surface area contributed by atoms with Gasteiger partial charge in [0, 0.05) is 5.41 Å². The standard InChI is InChI=1S/C49H34/c1-49(2)47-13-6-5-12-44(47)45-25-22-40(30-48(45)49)38-19-18-36-27-35(16-17-37(36)28-38)33-9-7-10-34(26-33)39-15-14-32-21-23-42-41-11-4-3-8-31(41)20-24-43(42)46(32)29-39/h3-30H,1-2H3. The maximum atomic E-state index is 2.41. The summed E-state index contributed by atoms with van der Waals surface area (Å²) in [5.74, 6) is 0. The van der Waals surface area contributed by atoms with Crippen molar-refractivity contribution in [3.8, 4) is 44.5 Å². The van der Waals surface area contributed by atoms with E-state index in [-0.39, 0.29) is 5.41 Å². The van der Waals surface area contributed by atoms with Crippen molar-refractivity contribution in [2.24, 2.45) is 0 Å². The van der Waals surface area contributed by atoms with Crippen LogP contribution in [0, 0.1) is 0 Å². The topological polar surface area (TPSA) is 0 Å². The quantitative estimate of drug-likeness (QED) is 0.172. The Bertz CT molecular complexity index is 2800. The zero-order chi connectivity index (χ0) is 32.7. The highest BCUT2D eigenvalue weighted by atomic mass is 14.4. The van der Waals surface area contributed by atoms with Crippen molar-refractivity contribution >= 4 is 43.1 Å². The Morgan fingerprint density at radius 1 is 0.286 bits per heavy atom. The summed E-state index contributed by atoms with van der Waals surface area (Å²) in [7, 11) is 0. The summed E-state index contributed by atoms with van der Waals surface area (Å²) in [4.78, 5) is 0. The Kier molecular flexibility index (Phi) is 6.02. The number of benzene rings is 9. The Morgan fingerprint density at radius 3 is 1.55 bits per heavy atom. The minimum atomic E-state index is -0.00223. The van der Waals surface area contributed by atoms with Gasteiger partial charge in [0.2, 0.25) is 0 Å². The Hall–Kier alpha value is -5.98. The third-order valence-electron chi connectivity index (χ3n) is 11.0. The molecule has 9 aromatic carbocycles. The first kappa shape index (κ1) is 28.1. The van der Waals surface area contributed by atoms with Crippen molar-refractivity contribution in [1.82, 2.24) is 0 Å². The van der Waals surface area contributed by atoms with Crippen LogP contribution in [0.3, 0.4) is 0 Å². The molecule has 0 nitrogen and oxygen atoms in total. The van der Waals surface area contributed by atoms with Crippen LogP contribution < -0.4 is 0 Å². The van der Waals surface area contributed by atoms with Gasteiger partial charge >= 0.3 is 0 Å². The van der Waals surface area contributed by atoms with Crippen LogP contribution in [0.25, 0.3) is 87.6 Å². The maximum absolute atomic E-state index is 2.41. The third-order valence-corrected chi connectivity index (χ3v) is 11.0. The molecule has 0 bridgehead atoms. The van der Waals surface area contributed by atoms with Gasteiger partial charge in [-0.1, -0.05) is 153 Å². The zero-order valence-corrected chi connectivity index (χ0v) is 27.7. The Balaban J connectivity index is 0.995. The molecule has 0 amide bonds. The zero-order valence-electron chi connectivity index (χ0n) is 27.7. The largest absolute Gasteiger partial charge is 0.0619 e. The lowest BCUT2D eigenvalue weighted by Gasteiger charge is -2.22. The number of fused-ring (bicyclic) bond motifs is 9. The van der Waals surface area contributed by atoms with Gasteiger partial charge in [0.1, 0.15) is 0 Å². The Morgan fingerprint density at radius 2 is 0.796 bits per heavy atom. The number of hydrogen-bond donors (Lipinski definition) is 0.